The zero-order chi connectivity index (χ0) is 20.4. The minimum atomic E-state index is -4.66. The summed E-state index contributed by atoms with van der Waals surface area (Å²) in [5.41, 5.74) is -2.36. The summed E-state index contributed by atoms with van der Waals surface area (Å²) >= 11 is 0. The molecule has 0 saturated heterocycles. The number of allylic oxidation sites excluding steroid dienone is 1. The monoisotopic (exact) mass is 394 g/mol. The highest BCUT2D eigenvalue weighted by atomic mass is 19.4. The van der Waals surface area contributed by atoms with E-state index in [1.807, 2.05) is 0 Å². The maximum absolute atomic E-state index is 13.7. The number of nitrogens with zero attached hydrogens (tertiary/aromatic N) is 4. The Bertz CT molecular complexity index is 828. The maximum Gasteiger partial charge on any atom is 0.416 e. The van der Waals surface area contributed by atoms with Gasteiger partial charge >= 0.3 is 12.1 Å². The van der Waals surface area contributed by atoms with Gasteiger partial charge < -0.3 is 4.74 Å². The van der Waals surface area contributed by atoms with Crippen LogP contribution in [0.1, 0.15) is 55.7 Å². The molecule has 0 unspecified atom stereocenters. The molecule has 0 amide bonds. The Morgan fingerprint density at radius 1 is 1.25 bits per heavy atom. The summed E-state index contributed by atoms with van der Waals surface area (Å²) in [5.74, 6) is -0.218. The van der Waals surface area contributed by atoms with Crippen molar-refractivity contribution in [2.24, 2.45) is 26.6 Å². The van der Waals surface area contributed by atoms with Gasteiger partial charge in [-0.3, -0.25) is 0 Å². The molecule has 1 fully saturated rings. The quantitative estimate of drug-likeness (QED) is 0.464. The fourth-order valence-electron chi connectivity index (χ4n) is 3.66. The highest BCUT2D eigenvalue weighted by Crippen LogP contribution is 2.42. The second kappa shape index (κ2) is 7.81. The number of benzene rings is 1. The summed E-state index contributed by atoms with van der Waals surface area (Å²) in [6, 6.07) is 3.67. The van der Waals surface area contributed by atoms with Crippen LogP contribution in [0.5, 0.6) is 0 Å². The van der Waals surface area contributed by atoms with Crippen LogP contribution < -0.4 is 0 Å². The first kappa shape index (κ1) is 20.2. The molecular formula is C19H21F3N4O2. The third-order valence-electron chi connectivity index (χ3n) is 5.20. The Balaban J connectivity index is 2.03. The van der Waals surface area contributed by atoms with Crippen LogP contribution in [0, 0.1) is 5.92 Å². The summed E-state index contributed by atoms with van der Waals surface area (Å²) in [6.07, 6.45) is 2.06. The number of carbonyl (C=O) groups excluding carboxylic acids is 1. The van der Waals surface area contributed by atoms with E-state index in [1.54, 1.807) is 6.08 Å². The second-order valence-corrected chi connectivity index (χ2v) is 7.15. The SMILES string of the molecule is COC(=O)/C(=C/CC1CCCC1)c1ccc(C2(C)N=NN=N2)c(C(F)(F)F)c1. The second-order valence-electron chi connectivity index (χ2n) is 7.15. The topological polar surface area (TPSA) is 75.7 Å². The van der Waals surface area contributed by atoms with E-state index in [0.29, 0.717) is 12.3 Å². The van der Waals surface area contributed by atoms with Crippen molar-refractivity contribution in [2.75, 3.05) is 7.11 Å². The van der Waals surface area contributed by atoms with Gasteiger partial charge in [0.2, 0.25) is 5.66 Å². The molecule has 1 aromatic carbocycles. The first-order valence-electron chi connectivity index (χ1n) is 9.09. The van der Waals surface area contributed by atoms with Crippen LogP contribution in [-0.4, -0.2) is 13.1 Å². The molecule has 0 N–H and O–H groups in total. The van der Waals surface area contributed by atoms with E-state index >= 15 is 0 Å². The van der Waals surface area contributed by atoms with Crippen LogP contribution in [0.25, 0.3) is 5.57 Å². The number of hydrogen-bond donors (Lipinski definition) is 0. The molecule has 9 heteroatoms. The number of rotatable bonds is 5. The zero-order valence-electron chi connectivity index (χ0n) is 15.7. The Hall–Kier alpha value is -2.58. The molecule has 28 heavy (non-hydrogen) atoms. The van der Waals surface area contributed by atoms with Crippen molar-refractivity contribution in [1.82, 2.24) is 0 Å². The summed E-state index contributed by atoms with van der Waals surface area (Å²) in [4.78, 5) is 12.2. The molecule has 1 aliphatic carbocycles. The maximum atomic E-state index is 13.7. The molecule has 1 heterocycles. The standard InChI is InChI=1S/C19H21F3N4O2/c1-18(23-25-26-24-18)15-10-8-13(11-16(15)19(20,21)22)14(17(27)28-2)9-7-12-5-3-4-6-12/h8-12H,3-7H2,1-2H3/b14-9+. The predicted molar refractivity (Wildman–Crippen MR) is 95.1 cm³/mol. The number of esters is 1. The first-order chi connectivity index (χ1) is 13.2. The molecule has 0 aromatic heterocycles. The fourth-order valence-corrected chi connectivity index (χ4v) is 3.66. The van der Waals surface area contributed by atoms with Crippen molar-refractivity contribution in [3.05, 3.63) is 41.0 Å². The lowest BCUT2D eigenvalue weighted by Crippen LogP contribution is -2.21. The fraction of sp³-hybridized carbons (Fsp3) is 0.526. The lowest BCUT2D eigenvalue weighted by Gasteiger charge is -2.21. The average molecular weight is 394 g/mol. The number of ether oxygens (including phenoxy) is 1. The van der Waals surface area contributed by atoms with Gasteiger partial charge in [-0.05, 0) is 41.3 Å². The number of halogens is 3. The Kier molecular flexibility index (Phi) is 5.62. The molecular weight excluding hydrogens is 373 g/mol. The average Bonchev–Trinajstić information content (AvgIpc) is 3.33. The van der Waals surface area contributed by atoms with Crippen molar-refractivity contribution < 1.29 is 22.7 Å². The summed E-state index contributed by atoms with van der Waals surface area (Å²) in [5, 5.41) is 14.1. The van der Waals surface area contributed by atoms with Gasteiger partial charge in [-0.2, -0.15) is 13.2 Å². The zero-order valence-corrected chi connectivity index (χ0v) is 15.7. The molecule has 0 spiro atoms. The van der Waals surface area contributed by atoms with Gasteiger partial charge in [-0.25, -0.2) is 4.79 Å². The molecule has 0 atom stereocenters. The smallest absolute Gasteiger partial charge is 0.416 e. The molecule has 1 aliphatic heterocycles. The number of methoxy groups -OCH3 is 1. The predicted octanol–water partition coefficient (Wildman–Crippen LogP) is 5.85. The van der Waals surface area contributed by atoms with E-state index in [9.17, 15) is 18.0 Å². The van der Waals surface area contributed by atoms with Gasteiger partial charge in [0, 0.05) is 5.56 Å². The van der Waals surface area contributed by atoms with Crippen LogP contribution >= 0.6 is 0 Å². The normalized spacial score (nSPS) is 19.4. The van der Waals surface area contributed by atoms with Crippen molar-refractivity contribution >= 4 is 11.5 Å². The lowest BCUT2D eigenvalue weighted by atomic mass is 9.91. The lowest BCUT2D eigenvalue weighted by molar-refractivity contribution is -0.139. The summed E-state index contributed by atoms with van der Waals surface area (Å²) < 4.78 is 46.1. The van der Waals surface area contributed by atoms with Gasteiger partial charge in [0.25, 0.3) is 0 Å². The molecule has 3 rings (SSSR count). The van der Waals surface area contributed by atoms with E-state index in [-0.39, 0.29) is 16.7 Å². The Labute approximate surface area is 160 Å². The van der Waals surface area contributed by atoms with Crippen LogP contribution in [0.2, 0.25) is 0 Å². The van der Waals surface area contributed by atoms with Crippen LogP contribution in [0.4, 0.5) is 13.2 Å². The third-order valence-corrected chi connectivity index (χ3v) is 5.20. The van der Waals surface area contributed by atoms with E-state index in [4.69, 9.17) is 4.74 Å². The van der Waals surface area contributed by atoms with Gasteiger partial charge in [-0.1, -0.05) is 43.9 Å². The van der Waals surface area contributed by atoms with E-state index < -0.39 is 23.4 Å². The third kappa shape index (κ3) is 4.13. The largest absolute Gasteiger partial charge is 0.465 e. The molecule has 1 saturated carbocycles. The number of carbonyl (C=O) groups is 1. The molecule has 0 bridgehead atoms. The van der Waals surface area contributed by atoms with Crippen molar-refractivity contribution in [3.63, 3.8) is 0 Å². The van der Waals surface area contributed by atoms with E-state index in [0.717, 1.165) is 31.7 Å². The van der Waals surface area contributed by atoms with Gasteiger partial charge in [0.1, 0.15) is 0 Å². The van der Waals surface area contributed by atoms with Gasteiger partial charge in [0.15, 0.2) is 0 Å². The Morgan fingerprint density at radius 2 is 1.89 bits per heavy atom. The van der Waals surface area contributed by atoms with Gasteiger partial charge in [-0.15, -0.1) is 10.2 Å². The molecule has 0 radical (unpaired) electrons. The Morgan fingerprint density at radius 3 is 2.46 bits per heavy atom. The number of alkyl halides is 3. The molecule has 150 valence electrons. The molecule has 2 aliphatic rings. The summed E-state index contributed by atoms with van der Waals surface area (Å²) in [6.45, 7) is 1.40. The van der Waals surface area contributed by atoms with E-state index in [1.165, 1.54) is 26.2 Å². The van der Waals surface area contributed by atoms with Crippen molar-refractivity contribution in [2.45, 2.75) is 50.9 Å². The number of hydrogen-bond acceptors (Lipinski definition) is 6. The minimum Gasteiger partial charge on any atom is -0.465 e. The summed E-state index contributed by atoms with van der Waals surface area (Å²) in [7, 11) is 1.21. The van der Waals surface area contributed by atoms with Crippen molar-refractivity contribution in [1.29, 1.82) is 0 Å². The minimum absolute atomic E-state index is 0.131. The molecule has 6 nitrogen and oxygen atoms in total. The van der Waals surface area contributed by atoms with Crippen LogP contribution in [-0.2, 0) is 21.4 Å². The highest BCUT2D eigenvalue weighted by Gasteiger charge is 2.42. The first-order valence-corrected chi connectivity index (χ1v) is 9.09. The highest BCUT2D eigenvalue weighted by molar-refractivity contribution is 6.16. The van der Waals surface area contributed by atoms with Crippen LogP contribution in [0.3, 0.4) is 0 Å². The van der Waals surface area contributed by atoms with Crippen molar-refractivity contribution in [3.8, 4) is 0 Å². The van der Waals surface area contributed by atoms with Gasteiger partial charge in [0.05, 0.1) is 18.2 Å². The van der Waals surface area contributed by atoms with Crippen LogP contribution in [0.15, 0.2) is 45.0 Å². The van der Waals surface area contributed by atoms with E-state index in [2.05, 4.69) is 20.7 Å². The molecule has 1 aromatic rings.